The third-order valence-corrected chi connectivity index (χ3v) is 3.49. The fraction of sp³-hybridized carbons (Fsp3) is 0.556. The second kappa shape index (κ2) is 12.3. The van der Waals surface area contributed by atoms with Gasteiger partial charge < -0.3 is 20.3 Å². The first-order chi connectivity index (χ1) is 11.7. The molecule has 0 spiro atoms. The summed E-state index contributed by atoms with van der Waals surface area (Å²) in [6.07, 6.45) is 1.04. The van der Waals surface area contributed by atoms with Gasteiger partial charge in [0.25, 0.3) is 0 Å². The third kappa shape index (κ3) is 8.51. The Hall–Kier alpha value is -2.10. The number of nitriles is 1. The highest BCUT2D eigenvalue weighted by molar-refractivity contribution is 5.79. The van der Waals surface area contributed by atoms with Gasteiger partial charge in [-0.2, -0.15) is 5.26 Å². The van der Waals surface area contributed by atoms with Crippen molar-refractivity contribution in [2.24, 2.45) is 4.99 Å². The van der Waals surface area contributed by atoms with Crippen molar-refractivity contribution in [1.29, 1.82) is 5.26 Å². The van der Waals surface area contributed by atoms with Crippen LogP contribution in [0.4, 0.5) is 0 Å². The van der Waals surface area contributed by atoms with Gasteiger partial charge in [-0.1, -0.05) is 12.1 Å². The number of nitrogens with one attached hydrogen (secondary N) is 2. The highest BCUT2D eigenvalue weighted by Crippen LogP contribution is 2.05. The lowest BCUT2D eigenvalue weighted by Gasteiger charge is -2.18. The summed E-state index contributed by atoms with van der Waals surface area (Å²) in [5.41, 5.74) is 1.70. The van der Waals surface area contributed by atoms with Gasteiger partial charge in [0, 0.05) is 39.9 Å². The SMILES string of the molecule is CCNC(=NCc1cccc(C#N)c1)NCCN(C)CCCOC. The molecule has 1 aromatic carbocycles. The number of nitrogens with zero attached hydrogens (tertiary/aromatic N) is 3. The average Bonchev–Trinajstić information content (AvgIpc) is 2.60. The number of hydrogen-bond donors (Lipinski definition) is 2. The van der Waals surface area contributed by atoms with Crippen molar-refractivity contribution < 1.29 is 4.74 Å². The monoisotopic (exact) mass is 331 g/mol. The molecule has 6 nitrogen and oxygen atoms in total. The van der Waals surface area contributed by atoms with Crippen LogP contribution in [0.1, 0.15) is 24.5 Å². The second-order valence-corrected chi connectivity index (χ2v) is 5.58. The Kier molecular flexibility index (Phi) is 10.3. The molecule has 0 bridgehead atoms. The average molecular weight is 331 g/mol. The van der Waals surface area contributed by atoms with E-state index < -0.39 is 0 Å². The fourth-order valence-corrected chi connectivity index (χ4v) is 2.21. The molecule has 0 aliphatic carbocycles. The van der Waals surface area contributed by atoms with Crippen molar-refractivity contribution in [2.45, 2.75) is 19.9 Å². The van der Waals surface area contributed by atoms with Gasteiger partial charge in [-0.3, -0.25) is 0 Å². The van der Waals surface area contributed by atoms with Crippen LogP contribution in [0.2, 0.25) is 0 Å². The predicted octanol–water partition coefficient (Wildman–Crippen LogP) is 1.58. The van der Waals surface area contributed by atoms with Crippen molar-refractivity contribution in [2.75, 3.05) is 46.9 Å². The molecule has 0 aliphatic rings. The summed E-state index contributed by atoms with van der Waals surface area (Å²) in [4.78, 5) is 6.85. The number of aliphatic imine (C=N–C) groups is 1. The van der Waals surface area contributed by atoms with Crippen LogP contribution in [0.15, 0.2) is 29.3 Å². The van der Waals surface area contributed by atoms with Gasteiger partial charge in [-0.15, -0.1) is 0 Å². The highest BCUT2D eigenvalue weighted by atomic mass is 16.5. The van der Waals surface area contributed by atoms with Crippen LogP contribution in [0.5, 0.6) is 0 Å². The predicted molar refractivity (Wildman–Crippen MR) is 98.0 cm³/mol. The molecule has 1 rings (SSSR count). The summed E-state index contributed by atoms with van der Waals surface area (Å²) >= 11 is 0. The van der Waals surface area contributed by atoms with Gasteiger partial charge in [0.2, 0.25) is 0 Å². The zero-order valence-corrected chi connectivity index (χ0v) is 15.0. The zero-order chi connectivity index (χ0) is 17.6. The summed E-state index contributed by atoms with van der Waals surface area (Å²) in [6.45, 7) is 6.99. The molecule has 0 saturated heterocycles. The Balaban J connectivity index is 2.43. The number of ether oxygens (including phenoxy) is 1. The first-order valence-electron chi connectivity index (χ1n) is 8.38. The Morgan fingerprint density at radius 1 is 1.33 bits per heavy atom. The van der Waals surface area contributed by atoms with E-state index in [0.29, 0.717) is 12.1 Å². The molecule has 0 aromatic heterocycles. The lowest BCUT2D eigenvalue weighted by molar-refractivity contribution is 0.180. The van der Waals surface area contributed by atoms with Gasteiger partial charge in [-0.05, 0) is 38.1 Å². The lowest BCUT2D eigenvalue weighted by atomic mass is 10.1. The first-order valence-corrected chi connectivity index (χ1v) is 8.38. The maximum atomic E-state index is 8.95. The van der Waals surface area contributed by atoms with Crippen LogP contribution >= 0.6 is 0 Å². The maximum absolute atomic E-state index is 8.95. The molecule has 1 aromatic rings. The standard InChI is InChI=1S/C18H29N5O/c1-4-20-18(21-9-11-23(2)10-6-12-24-3)22-15-17-8-5-7-16(13-17)14-19/h5,7-8,13H,4,6,9-12,15H2,1-3H3,(H2,20,21,22). The molecule has 0 radical (unpaired) electrons. The second-order valence-electron chi connectivity index (χ2n) is 5.58. The minimum Gasteiger partial charge on any atom is -0.385 e. The van der Waals surface area contributed by atoms with Crippen LogP contribution in [0.3, 0.4) is 0 Å². The molecule has 0 saturated carbocycles. The zero-order valence-electron chi connectivity index (χ0n) is 15.0. The van der Waals surface area contributed by atoms with E-state index in [1.54, 1.807) is 13.2 Å². The molecule has 0 atom stereocenters. The van der Waals surface area contributed by atoms with Crippen LogP contribution in [-0.2, 0) is 11.3 Å². The van der Waals surface area contributed by atoms with Crippen molar-refractivity contribution in [3.63, 3.8) is 0 Å². The van der Waals surface area contributed by atoms with E-state index in [2.05, 4.69) is 33.6 Å². The van der Waals surface area contributed by atoms with Crippen molar-refractivity contribution >= 4 is 5.96 Å². The summed E-state index contributed by atoms with van der Waals surface area (Å²) in [7, 11) is 3.84. The lowest BCUT2D eigenvalue weighted by Crippen LogP contribution is -2.41. The van der Waals surface area contributed by atoms with Gasteiger partial charge in [0.1, 0.15) is 0 Å². The molecule has 132 valence electrons. The number of benzene rings is 1. The van der Waals surface area contributed by atoms with Crippen LogP contribution in [0, 0.1) is 11.3 Å². The Labute approximate surface area is 145 Å². The third-order valence-electron chi connectivity index (χ3n) is 3.49. The van der Waals surface area contributed by atoms with Crippen molar-refractivity contribution in [3.8, 4) is 6.07 Å². The molecule has 6 heteroatoms. The largest absolute Gasteiger partial charge is 0.385 e. The number of likely N-dealkylation sites (N-methyl/N-ethyl adjacent to an activating group) is 1. The van der Waals surface area contributed by atoms with E-state index in [9.17, 15) is 0 Å². The van der Waals surface area contributed by atoms with E-state index in [1.807, 2.05) is 25.1 Å². The minimum atomic E-state index is 0.550. The normalized spacial score (nSPS) is 11.4. The van der Waals surface area contributed by atoms with E-state index in [1.165, 1.54) is 0 Å². The van der Waals surface area contributed by atoms with Gasteiger partial charge >= 0.3 is 0 Å². The molecule has 2 N–H and O–H groups in total. The molecule has 0 heterocycles. The van der Waals surface area contributed by atoms with Gasteiger partial charge in [0.05, 0.1) is 18.2 Å². The summed E-state index contributed by atoms with van der Waals surface area (Å²) < 4.78 is 5.07. The minimum absolute atomic E-state index is 0.550. The molecule has 0 aliphatic heterocycles. The van der Waals surface area contributed by atoms with E-state index in [-0.39, 0.29) is 0 Å². The van der Waals surface area contributed by atoms with E-state index >= 15 is 0 Å². The Morgan fingerprint density at radius 2 is 2.17 bits per heavy atom. The van der Waals surface area contributed by atoms with Gasteiger partial charge in [0.15, 0.2) is 5.96 Å². The molecule has 0 unspecified atom stereocenters. The van der Waals surface area contributed by atoms with Crippen molar-refractivity contribution in [1.82, 2.24) is 15.5 Å². The van der Waals surface area contributed by atoms with Crippen LogP contribution in [0.25, 0.3) is 0 Å². The molecule has 0 amide bonds. The van der Waals surface area contributed by atoms with Gasteiger partial charge in [-0.25, -0.2) is 4.99 Å². The highest BCUT2D eigenvalue weighted by Gasteiger charge is 2.01. The number of methoxy groups -OCH3 is 1. The van der Waals surface area contributed by atoms with Crippen LogP contribution < -0.4 is 10.6 Å². The first kappa shape index (κ1) is 19.9. The molecular formula is C18H29N5O. The molecule has 0 fully saturated rings. The summed E-state index contributed by atoms with van der Waals surface area (Å²) in [5, 5.41) is 15.5. The summed E-state index contributed by atoms with van der Waals surface area (Å²) in [6, 6.07) is 9.70. The summed E-state index contributed by atoms with van der Waals surface area (Å²) in [5.74, 6) is 0.796. The number of rotatable bonds is 10. The van der Waals surface area contributed by atoms with E-state index in [4.69, 9.17) is 10.00 Å². The maximum Gasteiger partial charge on any atom is 0.191 e. The quantitative estimate of drug-likeness (QED) is 0.387. The smallest absolute Gasteiger partial charge is 0.191 e. The Morgan fingerprint density at radius 3 is 2.88 bits per heavy atom. The van der Waals surface area contributed by atoms with Crippen LogP contribution in [-0.4, -0.2) is 57.8 Å². The molecular weight excluding hydrogens is 302 g/mol. The number of guanidine groups is 1. The topological polar surface area (TPSA) is 72.7 Å². The fourth-order valence-electron chi connectivity index (χ4n) is 2.21. The number of hydrogen-bond acceptors (Lipinski definition) is 4. The van der Waals surface area contributed by atoms with E-state index in [0.717, 1.165) is 50.7 Å². The molecule has 24 heavy (non-hydrogen) atoms. The Bertz CT molecular complexity index is 538. The van der Waals surface area contributed by atoms with Crippen molar-refractivity contribution in [3.05, 3.63) is 35.4 Å².